The molecule has 1 heterocycles. The van der Waals surface area contributed by atoms with Crippen molar-refractivity contribution in [3.8, 4) is 0 Å². The summed E-state index contributed by atoms with van der Waals surface area (Å²) in [7, 11) is 0. The highest BCUT2D eigenvalue weighted by Gasteiger charge is 2.27. The Bertz CT molecular complexity index is 595. The first-order valence-corrected chi connectivity index (χ1v) is 7.50. The Kier molecular flexibility index (Phi) is 3.48. The summed E-state index contributed by atoms with van der Waals surface area (Å²) in [6, 6.07) is 5.88. The molecule has 1 aliphatic carbocycles. The number of carbonyl (C=O) groups excluding carboxylic acids is 1. The van der Waals surface area contributed by atoms with Crippen LogP contribution in [-0.4, -0.2) is 23.5 Å². The average molecular weight is 275 g/mol. The predicted molar refractivity (Wildman–Crippen MR) is 77.3 cm³/mol. The first kappa shape index (κ1) is 12.6. The van der Waals surface area contributed by atoms with Crippen molar-refractivity contribution in [1.29, 1.82) is 0 Å². The van der Waals surface area contributed by atoms with Gasteiger partial charge in [-0.3, -0.25) is 4.79 Å². The number of nitrogens with two attached hydrogens (primary N) is 1. The molecule has 4 nitrogen and oxygen atoms in total. The molecule has 2 unspecified atom stereocenters. The van der Waals surface area contributed by atoms with Gasteiger partial charge in [-0.25, -0.2) is 4.98 Å². The van der Waals surface area contributed by atoms with E-state index in [1.165, 1.54) is 0 Å². The third-order valence-electron chi connectivity index (χ3n) is 3.87. The average Bonchev–Trinajstić information content (AvgIpc) is 3.05. The number of nitrogens with one attached hydrogen (secondary N) is 1. The van der Waals surface area contributed by atoms with Gasteiger partial charge in [-0.15, -0.1) is 11.3 Å². The van der Waals surface area contributed by atoms with Gasteiger partial charge in [0.2, 0.25) is 0 Å². The molecule has 0 radical (unpaired) electrons. The second-order valence-electron chi connectivity index (χ2n) is 5.04. The maximum atomic E-state index is 12.3. The Balaban J connectivity index is 1.76. The zero-order valence-electron chi connectivity index (χ0n) is 10.6. The molecule has 5 heteroatoms. The van der Waals surface area contributed by atoms with Crippen molar-refractivity contribution in [2.75, 3.05) is 6.54 Å². The molecule has 1 aromatic heterocycles. The third kappa shape index (κ3) is 2.48. The summed E-state index contributed by atoms with van der Waals surface area (Å²) in [5.74, 6) is 0.428. The molecule has 0 aliphatic heterocycles. The highest BCUT2D eigenvalue weighted by atomic mass is 32.1. The minimum absolute atomic E-state index is 0.000602. The standard InChI is InChI=1S/C14H17N3OS/c15-7-10-2-1-3-11(10)17-14(18)9-4-5-12-13(6-9)19-8-16-12/h4-6,8,10-11H,1-3,7,15H2,(H,17,18). The van der Waals surface area contributed by atoms with E-state index in [4.69, 9.17) is 5.73 Å². The van der Waals surface area contributed by atoms with Crippen LogP contribution in [0.3, 0.4) is 0 Å². The number of thiazole rings is 1. The smallest absolute Gasteiger partial charge is 0.251 e. The number of hydrogen-bond donors (Lipinski definition) is 2. The first-order valence-electron chi connectivity index (χ1n) is 6.62. The molecule has 1 saturated carbocycles. The lowest BCUT2D eigenvalue weighted by atomic mass is 10.0. The van der Waals surface area contributed by atoms with Crippen molar-refractivity contribution in [2.24, 2.45) is 11.7 Å². The Labute approximate surface area is 116 Å². The number of carbonyl (C=O) groups is 1. The van der Waals surface area contributed by atoms with Gasteiger partial charge in [0.15, 0.2) is 0 Å². The van der Waals surface area contributed by atoms with Crippen molar-refractivity contribution in [3.05, 3.63) is 29.3 Å². The minimum atomic E-state index is 0.000602. The van der Waals surface area contributed by atoms with Crippen LogP contribution in [0.5, 0.6) is 0 Å². The lowest BCUT2D eigenvalue weighted by Crippen LogP contribution is -2.39. The highest BCUT2D eigenvalue weighted by Crippen LogP contribution is 2.25. The van der Waals surface area contributed by atoms with Crippen LogP contribution in [0.4, 0.5) is 0 Å². The predicted octanol–water partition coefficient (Wildman–Crippen LogP) is 2.15. The second kappa shape index (κ2) is 5.27. The van der Waals surface area contributed by atoms with Gasteiger partial charge in [0.25, 0.3) is 5.91 Å². The normalized spacial score (nSPS) is 22.8. The van der Waals surface area contributed by atoms with Gasteiger partial charge in [0.05, 0.1) is 15.7 Å². The molecule has 3 rings (SSSR count). The number of fused-ring (bicyclic) bond motifs is 1. The second-order valence-corrected chi connectivity index (χ2v) is 5.93. The molecule has 0 spiro atoms. The molecule has 3 N–H and O–H groups in total. The molecule has 1 aromatic carbocycles. The van der Waals surface area contributed by atoms with Gasteiger partial charge < -0.3 is 11.1 Å². The fourth-order valence-electron chi connectivity index (χ4n) is 2.76. The van der Waals surface area contributed by atoms with E-state index >= 15 is 0 Å². The summed E-state index contributed by atoms with van der Waals surface area (Å²) in [6.07, 6.45) is 3.31. The Hall–Kier alpha value is -1.46. The van der Waals surface area contributed by atoms with Crippen molar-refractivity contribution in [1.82, 2.24) is 10.3 Å². The molecular formula is C14H17N3OS. The van der Waals surface area contributed by atoms with E-state index in [1.807, 2.05) is 18.2 Å². The molecule has 0 bridgehead atoms. The van der Waals surface area contributed by atoms with Crippen molar-refractivity contribution in [3.63, 3.8) is 0 Å². The zero-order chi connectivity index (χ0) is 13.2. The van der Waals surface area contributed by atoms with Gasteiger partial charge in [0.1, 0.15) is 0 Å². The van der Waals surface area contributed by atoms with Crippen LogP contribution in [0.15, 0.2) is 23.7 Å². The fourth-order valence-corrected chi connectivity index (χ4v) is 3.47. The maximum absolute atomic E-state index is 12.3. The fraction of sp³-hybridized carbons (Fsp3) is 0.429. The summed E-state index contributed by atoms with van der Waals surface area (Å²) in [6.45, 7) is 0.652. The SMILES string of the molecule is NCC1CCCC1NC(=O)c1ccc2ncsc2c1. The van der Waals surface area contributed by atoms with E-state index in [0.717, 1.165) is 29.5 Å². The Morgan fingerprint density at radius 2 is 2.37 bits per heavy atom. The summed E-state index contributed by atoms with van der Waals surface area (Å²) in [4.78, 5) is 16.5. The van der Waals surface area contributed by atoms with E-state index in [1.54, 1.807) is 16.8 Å². The largest absolute Gasteiger partial charge is 0.349 e. The van der Waals surface area contributed by atoms with Gasteiger partial charge in [-0.2, -0.15) is 0 Å². The molecule has 2 atom stereocenters. The van der Waals surface area contributed by atoms with E-state index in [9.17, 15) is 4.79 Å². The van der Waals surface area contributed by atoms with Crippen molar-refractivity contribution in [2.45, 2.75) is 25.3 Å². The minimum Gasteiger partial charge on any atom is -0.349 e. The van der Waals surface area contributed by atoms with Crippen LogP contribution in [-0.2, 0) is 0 Å². The molecule has 1 aliphatic rings. The monoisotopic (exact) mass is 275 g/mol. The van der Waals surface area contributed by atoms with Crippen LogP contribution in [0.2, 0.25) is 0 Å². The Morgan fingerprint density at radius 1 is 1.47 bits per heavy atom. The van der Waals surface area contributed by atoms with E-state index in [0.29, 0.717) is 18.0 Å². The quantitative estimate of drug-likeness (QED) is 0.902. The van der Waals surface area contributed by atoms with E-state index in [2.05, 4.69) is 10.3 Å². The van der Waals surface area contributed by atoms with Crippen LogP contribution < -0.4 is 11.1 Å². The molecule has 0 saturated heterocycles. The number of amides is 1. The van der Waals surface area contributed by atoms with Crippen LogP contribution in [0, 0.1) is 5.92 Å². The van der Waals surface area contributed by atoms with Crippen LogP contribution >= 0.6 is 11.3 Å². The van der Waals surface area contributed by atoms with Gasteiger partial charge in [0, 0.05) is 11.6 Å². The van der Waals surface area contributed by atoms with Gasteiger partial charge >= 0.3 is 0 Å². The molecule has 1 amide bonds. The number of rotatable bonds is 3. The molecule has 19 heavy (non-hydrogen) atoms. The summed E-state index contributed by atoms with van der Waals surface area (Å²) >= 11 is 1.56. The van der Waals surface area contributed by atoms with Crippen molar-refractivity contribution >= 4 is 27.5 Å². The first-order chi connectivity index (χ1) is 9.28. The van der Waals surface area contributed by atoms with Crippen LogP contribution in [0.1, 0.15) is 29.6 Å². The Morgan fingerprint density at radius 3 is 3.21 bits per heavy atom. The summed E-state index contributed by atoms with van der Waals surface area (Å²) in [5, 5.41) is 3.12. The molecule has 2 aromatic rings. The maximum Gasteiger partial charge on any atom is 0.251 e. The number of benzene rings is 1. The molecule has 100 valence electrons. The summed E-state index contributed by atoms with van der Waals surface area (Å²) < 4.78 is 1.05. The number of hydrogen-bond acceptors (Lipinski definition) is 4. The summed E-state index contributed by atoms with van der Waals surface area (Å²) in [5.41, 5.74) is 9.19. The number of aromatic nitrogens is 1. The van der Waals surface area contributed by atoms with Crippen molar-refractivity contribution < 1.29 is 4.79 Å². The lowest BCUT2D eigenvalue weighted by Gasteiger charge is -2.19. The highest BCUT2D eigenvalue weighted by molar-refractivity contribution is 7.16. The van der Waals surface area contributed by atoms with Gasteiger partial charge in [-0.05, 0) is 43.5 Å². The number of nitrogens with zero attached hydrogens (tertiary/aromatic N) is 1. The van der Waals surface area contributed by atoms with E-state index < -0.39 is 0 Å². The molecule has 1 fully saturated rings. The molecular weight excluding hydrogens is 258 g/mol. The van der Waals surface area contributed by atoms with Gasteiger partial charge in [-0.1, -0.05) is 6.42 Å². The van der Waals surface area contributed by atoms with Crippen LogP contribution in [0.25, 0.3) is 10.2 Å². The lowest BCUT2D eigenvalue weighted by molar-refractivity contribution is 0.0929. The third-order valence-corrected chi connectivity index (χ3v) is 4.66. The topological polar surface area (TPSA) is 68.0 Å². The van der Waals surface area contributed by atoms with E-state index in [-0.39, 0.29) is 11.9 Å². The zero-order valence-corrected chi connectivity index (χ0v) is 11.5.